The Morgan fingerprint density at radius 2 is 2.15 bits per heavy atom. The highest BCUT2D eigenvalue weighted by atomic mass is 16.5. The second-order valence-electron chi connectivity index (χ2n) is 5.30. The average molecular weight is 280 g/mol. The molecule has 0 radical (unpaired) electrons. The quantitative estimate of drug-likeness (QED) is 0.832. The molecule has 3 heterocycles. The molecule has 2 saturated heterocycles. The van der Waals surface area contributed by atoms with Crippen molar-refractivity contribution in [3.63, 3.8) is 0 Å². The van der Waals surface area contributed by atoms with Crippen LogP contribution in [-0.2, 0) is 9.53 Å². The summed E-state index contributed by atoms with van der Waals surface area (Å²) in [4.78, 5) is 24.6. The number of likely N-dealkylation sites (tertiary alicyclic amines) is 1. The largest absolute Gasteiger partial charge is 0.476 e. The van der Waals surface area contributed by atoms with Crippen LogP contribution in [0.2, 0.25) is 0 Å². The molecule has 0 aliphatic carbocycles. The van der Waals surface area contributed by atoms with Crippen LogP contribution in [0.1, 0.15) is 36.3 Å². The van der Waals surface area contributed by atoms with Gasteiger partial charge in [-0.05, 0) is 19.8 Å². The van der Waals surface area contributed by atoms with Gasteiger partial charge in [-0.25, -0.2) is 9.48 Å². The molecule has 2 atom stereocenters. The van der Waals surface area contributed by atoms with Crippen LogP contribution in [0.3, 0.4) is 0 Å². The fraction of sp³-hybridized carbons (Fsp3) is 0.667. The Bertz CT molecular complexity index is 537. The van der Waals surface area contributed by atoms with Gasteiger partial charge in [0.25, 0.3) is 5.91 Å². The molecule has 8 nitrogen and oxygen atoms in total. The van der Waals surface area contributed by atoms with E-state index in [0.717, 1.165) is 12.8 Å². The minimum absolute atomic E-state index is 0.00150. The summed E-state index contributed by atoms with van der Waals surface area (Å²) in [5, 5.41) is 16.1. The molecule has 2 unspecified atom stereocenters. The lowest BCUT2D eigenvalue weighted by molar-refractivity contribution is -0.148. The van der Waals surface area contributed by atoms with Gasteiger partial charge < -0.3 is 14.7 Å². The van der Waals surface area contributed by atoms with E-state index in [1.165, 1.54) is 10.9 Å². The molecule has 20 heavy (non-hydrogen) atoms. The van der Waals surface area contributed by atoms with Crippen molar-refractivity contribution in [2.45, 2.75) is 38.0 Å². The zero-order chi connectivity index (χ0) is 14.3. The number of carboxylic acids is 1. The molecule has 0 aromatic carbocycles. The summed E-state index contributed by atoms with van der Waals surface area (Å²) in [7, 11) is 0. The Hall–Kier alpha value is -1.96. The highest BCUT2D eigenvalue weighted by molar-refractivity contribution is 5.84. The van der Waals surface area contributed by atoms with Crippen LogP contribution in [0.4, 0.5) is 0 Å². The minimum atomic E-state index is -1.10. The van der Waals surface area contributed by atoms with Gasteiger partial charge in [0.05, 0.1) is 18.3 Å². The zero-order valence-corrected chi connectivity index (χ0v) is 11.1. The summed E-state index contributed by atoms with van der Waals surface area (Å²) in [5.74, 6) is -1.08. The monoisotopic (exact) mass is 280 g/mol. The van der Waals surface area contributed by atoms with Gasteiger partial charge >= 0.3 is 5.97 Å². The number of aromatic nitrogens is 3. The molecule has 0 bridgehead atoms. The maximum absolute atomic E-state index is 12.1. The maximum atomic E-state index is 12.1. The average Bonchev–Trinajstić information content (AvgIpc) is 2.96. The lowest BCUT2D eigenvalue weighted by Gasteiger charge is -2.39. The number of hydrogen-bond acceptors (Lipinski definition) is 5. The van der Waals surface area contributed by atoms with E-state index < -0.39 is 5.97 Å². The van der Waals surface area contributed by atoms with Crippen LogP contribution in [0, 0.1) is 0 Å². The van der Waals surface area contributed by atoms with Gasteiger partial charge in [0.15, 0.2) is 5.69 Å². The summed E-state index contributed by atoms with van der Waals surface area (Å²) in [6, 6.07) is -0.00150. The highest BCUT2D eigenvalue weighted by Crippen LogP contribution is 2.26. The number of rotatable bonds is 3. The number of carboxylic acid groups (broad SMARTS) is 1. The van der Waals surface area contributed by atoms with Gasteiger partial charge in [0.1, 0.15) is 6.10 Å². The van der Waals surface area contributed by atoms with Gasteiger partial charge in [-0.15, -0.1) is 5.10 Å². The number of amides is 1. The number of aromatic carboxylic acids is 1. The van der Waals surface area contributed by atoms with Crippen LogP contribution in [-0.4, -0.2) is 62.2 Å². The summed E-state index contributed by atoms with van der Waals surface area (Å²) >= 11 is 0. The van der Waals surface area contributed by atoms with Crippen molar-refractivity contribution in [1.29, 1.82) is 0 Å². The predicted octanol–water partition coefficient (Wildman–Crippen LogP) is -0.0729. The summed E-state index contributed by atoms with van der Waals surface area (Å²) in [5.41, 5.74) is -0.0808. The Labute approximate surface area is 115 Å². The van der Waals surface area contributed by atoms with E-state index in [0.29, 0.717) is 13.1 Å². The fourth-order valence-corrected chi connectivity index (χ4v) is 2.54. The third-order valence-corrected chi connectivity index (χ3v) is 3.78. The molecule has 1 amide bonds. The van der Waals surface area contributed by atoms with Gasteiger partial charge in [-0.3, -0.25) is 4.79 Å². The van der Waals surface area contributed by atoms with Crippen molar-refractivity contribution >= 4 is 11.9 Å². The van der Waals surface area contributed by atoms with Crippen LogP contribution < -0.4 is 0 Å². The van der Waals surface area contributed by atoms with Crippen molar-refractivity contribution < 1.29 is 19.4 Å². The van der Waals surface area contributed by atoms with E-state index in [9.17, 15) is 9.59 Å². The Kier molecular flexibility index (Phi) is 3.17. The van der Waals surface area contributed by atoms with E-state index in [-0.39, 0.29) is 29.9 Å². The first kappa shape index (κ1) is 13.0. The number of hydrogen-bond donors (Lipinski definition) is 1. The Balaban J connectivity index is 1.55. The maximum Gasteiger partial charge on any atom is 0.358 e. The Morgan fingerprint density at radius 1 is 1.40 bits per heavy atom. The number of carbonyl (C=O) groups excluding carboxylic acids is 1. The lowest BCUT2D eigenvalue weighted by atomic mass is 10.1. The summed E-state index contributed by atoms with van der Waals surface area (Å²) < 4.78 is 7.06. The molecule has 8 heteroatoms. The third kappa shape index (κ3) is 2.26. The normalized spacial score (nSPS) is 26.6. The Morgan fingerprint density at radius 3 is 2.70 bits per heavy atom. The van der Waals surface area contributed by atoms with Crippen molar-refractivity contribution in [3.8, 4) is 0 Å². The summed E-state index contributed by atoms with van der Waals surface area (Å²) in [6.45, 7) is 3.01. The molecule has 2 aliphatic rings. The van der Waals surface area contributed by atoms with Gasteiger partial charge in [0, 0.05) is 13.1 Å². The molecule has 0 spiro atoms. The van der Waals surface area contributed by atoms with E-state index in [1.54, 1.807) is 4.90 Å². The topological polar surface area (TPSA) is 97.6 Å². The van der Waals surface area contributed by atoms with Gasteiger partial charge in [-0.1, -0.05) is 5.21 Å². The molecule has 2 aliphatic heterocycles. The predicted molar refractivity (Wildman–Crippen MR) is 66.2 cm³/mol. The zero-order valence-electron chi connectivity index (χ0n) is 11.1. The molecular formula is C12H16N4O4. The number of nitrogens with zero attached hydrogens (tertiary/aromatic N) is 4. The highest BCUT2D eigenvalue weighted by Gasteiger charge is 2.39. The van der Waals surface area contributed by atoms with Crippen molar-refractivity contribution in [2.24, 2.45) is 0 Å². The lowest BCUT2D eigenvalue weighted by Crippen LogP contribution is -2.54. The first-order chi connectivity index (χ1) is 9.54. The van der Waals surface area contributed by atoms with E-state index in [2.05, 4.69) is 10.3 Å². The van der Waals surface area contributed by atoms with Crippen LogP contribution in [0.5, 0.6) is 0 Å². The van der Waals surface area contributed by atoms with E-state index in [1.807, 2.05) is 6.92 Å². The van der Waals surface area contributed by atoms with Crippen molar-refractivity contribution in [3.05, 3.63) is 11.9 Å². The molecule has 0 saturated carbocycles. The standard InChI is InChI=1S/C12H16N4O4/c1-7-2-3-10(20-7)11(17)15-4-8(5-15)16-6-9(12(18)19)13-14-16/h6-8,10H,2-5H2,1H3,(H,18,19). The molecule has 1 aromatic heterocycles. The van der Waals surface area contributed by atoms with E-state index >= 15 is 0 Å². The van der Waals surface area contributed by atoms with Crippen LogP contribution in [0.25, 0.3) is 0 Å². The van der Waals surface area contributed by atoms with Crippen molar-refractivity contribution in [1.82, 2.24) is 19.9 Å². The fourth-order valence-electron chi connectivity index (χ4n) is 2.54. The smallest absolute Gasteiger partial charge is 0.358 e. The van der Waals surface area contributed by atoms with Crippen LogP contribution in [0.15, 0.2) is 6.20 Å². The third-order valence-electron chi connectivity index (χ3n) is 3.78. The first-order valence-corrected chi connectivity index (χ1v) is 6.64. The van der Waals surface area contributed by atoms with Gasteiger partial charge in [-0.2, -0.15) is 0 Å². The summed E-state index contributed by atoms with van der Waals surface area (Å²) in [6.07, 6.45) is 2.90. The molecule has 3 rings (SSSR count). The SMILES string of the molecule is CC1CCC(C(=O)N2CC(n3cc(C(=O)O)nn3)C2)O1. The molecule has 1 N–H and O–H groups in total. The molecular weight excluding hydrogens is 264 g/mol. The minimum Gasteiger partial charge on any atom is -0.476 e. The molecule has 1 aromatic rings. The first-order valence-electron chi connectivity index (χ1n) is 6.64. The van der Waals surface area contributed by atoms with E-state index in [4.69, 9.17) is 9.84 Å². The van der Waals surface area contributed by atoms with Gasteiger partial charge in [0.2, 0.25) is 0 Å². The number of carbonyl (C=O) groups is 2. The second kappa shape index (κ2) is 4.86. The molecule has 2 fully saturated rings. The second-order valence-corrected chi connectivity index (χ2v) is 5.30. The molecule has 108 valence electrons. The van der Waals surface area contributed by atoms with Crippen LogP contribution >= 0.6 is 0 Å². The van der Waals surface area contributed by atoms with Crippen molar-refractivity contribution in [2.75, 3.05) is 13.1 Å². The number of ether oxygens (including phenoxy) is 1.